The predicted octanol–water partition coefficient (Wildman–Crippen LogP) is 1.72. The zero-order chi connectivity index (χ0) is 17.5. The van der Waals surface area contributed by atoms with Gasteiger partial charge in [-0.25, -0.2) is 4.79 Å². The molecule has 8 nitrogen and oxygen atoms in total. The van der Waals surface area contributed by atoms with Crippen molar-refractivity contribution in [1.82, 2.24) is 30.0 Å². The molecule has 2 aromatic heterocycles. The van der Waals surface area contributed by atoms with Gasteiger partial charge in [0.05, 0.1) is 19.3 Å². The molecule has 0 aliphatic rings. The van der Waals surface area contributed by atoms with Gasteiger partial charge < -0.3 is 4.74 Å². The van der Waals surface area contributed by atoms with E-state index in [9.17, 15) is 4.79 Å². The first-order valence-electron chi connectivity index (χ1n) is 7.87. The van der Waals surface area contributed by atoms with E-state index in [4.69, 9.17) is 4.74 Å². The molecule has 1 aromatic carbocycles. The maximum Gasteiger partial charge on any atom is 0.330 e. The Hall–Kier alpha value is -3.29. The van der Waals surface area contributed by atoms with Crippen LogP contribution in [0.1, 0.15) is 12.0 Å². The molecule has 0 amide bonds. The molecule has 0 atom stereocenters. The third-order valence-corrected chi connectivity index (χ3v) is 3.37. The van der Waals surface area contributed by atoms with Crippen LogP contribution in [0.15, 0.2) is 48.8 Å². The summed E-state index contributed by atoms with van der Waals surface area (Å²) < 4.78 is 6.81. The topological polar surface area (TPSA) is 87.7 Å². The lowest BCUT2D eigenvalue weighted by molar-refractivity contribution is -0.137. The Bertz CT molecular complexity index is 853. The molecule has 0 radical (unpaired) electrons. The van der Waals surface area contributed by atoms with Crippen LogP contribution in [0.25, 0.3) is 17.5 Å². The van der Waals surface area contributed by atoms with Crippen LogP contribution < -0.4 is 0 Å². The number of nitrogens with zero attached hydrogens (tertiary/aromatic N) is 6. The minimum absolute atomic E-state index is 0.290. The summed E-state index contributed by atoms with van der Waals surface area (Å²) in [6.45, 7) is 0.817. The summed E-state index contributed by atoms with van der Waals surface area (Å²) in [5.74, 6) is 0.192. The number of carbonyl (C=O) groups is 1. The average Bonchev–Trinajstić information content (AvgIpc) is 3.27. The lowest BCUT2D eigenvalue weighted by atomic mass is 10.2. The molecule has 0 aliphatic heterocycles. The Labute approximate surface area is 144 Å². The number of rotatable bonds is 7. The number of ether oxygens (including phenoxy) is 1. The first-order valence-corrected chi connectivity index (χ1v) is 7.87. The van der Waals surface area contributed by atoms with Crippen LogP contribution in [0.4, 0.5) is 0 Å². The van der Waals surface area contributed by atoms with Gasteiger partial charge >= 0.3 is 5.97 Å². The Morgan fingerprint density at radius 1 is 1.28 bits per heavy atom. The number of hydrogen-bond acceptors (Lipinski definition) is 6. The smallest absolute Gasteiger partial charge is 0.330 e. The summed E-state index contributed by atoms with van der Waals surface area (Å²) in [4.78, 5) is 13.1. The van der Waals surface area contributed by atoms with Crippen LogP contribution in [0.5, 0.6) is 0 Å². The van der Waals surface area contributed by atoms with Gasteiger partial charge in [-0.3, -0.25) is 4.68 Å². The minimum atomic E-state index is -0.389. The molecule has 0 unspecified atom stereocenters. The van der Waals surface area contributed by atoms with Crippen LogP contribution in [-0.4, -0.2) is 42.6 Å². The van der Waals surface area contributed by atoms with E-state index >= 15 is 0 Å². The molecular formula is C17H18N6O2. The number of carbonyl (C=O) groups excluding carboxylic acids is 1. The summed E-state index contributed by atoms with van der Waals surface area (Å²) >= 11 is 0. The van der Waals surface area contributed by atoms with Crippen molar-refractivity contribution in [3.63, 3.8) is 0 Å². The second-order valence-electron chi connectivity index (χ2n) is 5.38. The van der Waals surface area contributed by atoms with Crippen LogP contribution in [0, 0.1) is 0 Å². The summed E-state index contributed by atoms with van der Waals surface area (Å²) in [7, 11) is 1.82. The van der Waals surface area contributed by atoms with E-state index in [1.54, 1.807) is 17.0 Å². The predicted molar refractivity (Wildman–Crippen MR) is 91.1 cm³/mol. The molecule has 0 spiro atoms. The average molecular weight is 338 g/mol. The highest BCUT2D eigenvalue weighted by Crippen LogP contribution is 2.11. The van der Waals surface area contributed by atoms with E-state index in [0.717, 1.165) is 11.1 Å². The number of hydrogen-bond donors (Lipinski definition) is 0. The molecule has 3 rings (SSSR count). The molecule has 8 heteroatoms. The third kappa shape index (κ3) is 4.84. The number of aromatic nitrogens is 6. The van der Waals surface area contributed by atoms with Crippen molar-refractivity contribution in [3.05, 3.63) is 54.4 Å². The van der Waals surface area contributed by atoms with Crippen molar-refractivity contribution in [2.45, 2.75) is 13.0 Å². The molecule has 2 heterocycles. The van der Waals surface area contributed by atoms with Gasteiger partial charge in [0, 0.05) is 36.9 Å². The molecule has 0 saturated heterocycles. The maximum atomic E-state index is 11.6. The van der Waals surface area contributed by atoms with Gasteiger partial charge in [-0.1, -0.05) is 30.3 Å². The van der Waals surface area contributed by atoms with Crippen LogP contribution >= 0.6 is 0 Å². The van der Waals surface area contributed by atoms with Crippen LogP contribution in [0.3, 0.4) is 0 Å². The van der Waals surface area contributed by atoms with Crippen LogP contribution in [-0.2, 0) is 23.1 Å². The van der Waals surface area contributed by atoms with Gasteiger partial charge in [0.25, 0.3) is 0 Å². The maximum absolute atomic E-state index is 11.6. The SMILES string of the molecule is Cn1cc(/C=C/C(=O)OCCCn2nnc(-c3ccccc3)n2)cn1. The second kappa shape index (κ2) is 8.00. The molecule has 25 heavy (non-hydrogen) atoms. The van der Waals surface area contributed by atoms with Gasteiger partial charge in [-0.05, 0) is 11.3 Å². The Morgan fingerprint density at radius 2 is 2.12 bits per heavy atom. The number of tetrazole rings is 1. The Morgan fingerprint density at radius 3 is 2.88 bits per heavy atom. The van der Waals surface area contributed by atoms with Gasteiger partial charge in [0.1, 0.15) is 0 Å². The monoisotopic (exact) mass is 338 g/mol. The molecule has 0 bridgehead atoms. The standard InChI is InChI=1S/C17H18N6O2/c1-22-13-14(12-18-22)8-9-16(24)25-11-5-10-23-20-17(19-21-23)15-6-3-2-4-7-15/h2-4,6-9,12-13H,5,10-11H2,1H3/b9-8+. The first-order chi connectivity index (χ1) is 12.2. The fourth-order valence-electron chi connectivity index (χ4n) is 2.16. The fraction of sp³-hybridized carbons (Fsp3) is 0.235. The van der Waals surface area contributed by atoms with E-state index in [1.807, 2.05) is 43.6 Å². The minimum Gasteiger partial charge on any atom is -0.462 e. The zero-order valence-electron chi connectivity index (χ0n) is 13.8. The number of aryl methyl sites for hydroxylation is 2. The molecule has 0 saturated carbocycles. The quantitative estimate of drug-likeness (QED) is 0.370. The van der Waals surface area contributed by atoms with Crippen LogP contribution in [0.2, 0.25) is 0 Å². The highest BCUT2D eigenvalue weighted by molar-refractivity contribution is 5.86. The number of benzene rings is 1. The zero-order valence-corrected chi connectivity index (χ0v) is 13.8. The van der Waals surface area contributed by atoms with Gasteiger partial charge in [-0.2, -0.15) is 9.90 Å². The summed E-state index contributed by atoms with van der Waals surface area (Å²) in [6.07, 6.45) is 7.14. The van der Waals surface area contributed by atoms with E-state index in [0.29, 0.717) is 25.4 Å². The summed E-state index contributed by atoms with van der Waals surface area (Å²) in [5, 5.41) is 16.3. The van der Waals surface area contributed by atoms with Crippen molar-refractivity contribution >= 4 is 12.0 Å². The molecule has 0 N–H and O–H groups in total. The summed E-state index contributed by atoms with van der Waals surface area (Å²) in [6, 6.07) is 9.64. The van der Waals surface area contributed by atoms with Crippen molar-refractivity contribution in [3.8, 4) is 11.4 Å². The Balaban J connectivity index is 1.40. The van der Waals surface area contributed by atoms with Gasteiger partial charge in [0.15, 0.2) is 0 Å². The highest BCUT2D eigenvalue weighted by Gasteiger charge is 2.05. The van der Waals surface area contributed by atoms with Crippen molar-refractivity contribution in [1.29, 1.82) is 0 Å². The number of esters is 1. The molecule has 0 fully saturated rings. The highest BCUT2D eigenvalue weighted by atomic mass is 16.5. The van der Waals surface area contributed by atoms with Crippen molar-refractivity contribution < 1.29 is 9.53 Å². The van der Waals surface area contributed by atoms with Gasteiger partial charge in [-0.15, -0.1) is 10.2 Å². The molecule has 0 aliphatic carbocycles. The third-order valence-electron chi connectivity index (χ3n) is 3.37. The fourth-order valence-corrected chi connectivity index (χ4v) is 2.16. The van der Waals surface area contributed by atoms with E-state index < -0.39 is 0 Å². The van der Waals surface area contributed by atoms with Crippen molar-refractivity contribution in [2.75, 3.05) is 6.61 Å². The Kier molecular flexibility index (Phi) is 5.30. The largest absolute Gasteiger partial charge is 0.462 e. The van der Waals surface area contributed by atoms with E-state index in [2.05, 4.69) is 20.5 Å². The lowest BCUT2D eigenvalue weighted by Crippen LogP contribution is -2.08. The van der Waals surface area contributed by atoms with Crippen molar-refractivity contribution in [2.24, 2.45) is 7.05 Å². The van der Waals surface area contributed by atoms with E-state index in [1.165, 1.54) is 10.9 Å². The van der Waals surface area contributed by atoms with E-state index in [-0.39, 0.29) is 5.97 Å². The normalized spacial score (nSPS) is 11.1. The van der Waals surface area contributed by atoms with Gasteiger partial charge in [0.2, 0.25) is 5.82 Å². The molecular weight excluding hydrogens is 320 g/mol. The summed E-state index contributed by atoms with van der Waals surface area (Å²) in [5.41, 5.74) is 1.76. The lowest BCUT2D eigenvalue weighted by Gasteiger charge is -2.01. The second-order valence-corrected chi connectivity index (χ2v) is 5.38. The molecule has 3 aromatic rings. The molecule has 128 valence electrons. The first kappa shape index (κ1) is 16.6.